The summed E-state index contributed by atoms with van der Waals surface area (Å²) in [7, 11) is 0. The zero-order valence-electron chi connectivity index (χ0n) is 13.4. The van der Waals surface area contributed by atoms with E-state index in [1.165, 1.54) is 10.9 Å². The Labute approximate surface area is 145 Å². The number of fused-ring (bicyclic) bond motifs is 2. The van der Waals surface area contributed by atoms with Gasteiger partial charge in [0, 0.05) is 10.8 Å². The van der Waals surface area contributed by atoms with E-state index in [2.05, 4.69) is 49.2 Å². The lowest BCUT2D eigenvalue weighted by atomic mass is 9.96. The monoisotopic (exact) mass is 331 g/mol. The van der Waals surface area contributed by atoms with Crippen LogP contribution in [0.2, 0.25) is 0 Å². The summed E-state index contributed by atoms with van der Waals surface area (Å²) in [4.78, 5) is 4.73. The Morgan fingerprint density at radius 2 is 1.83 bits per heavy atom. The molecular weight excluding hydrogens is 314 g/mol. The Bertz CT molecular complexity index is 1000. The molecule has 2 nitrogen and oxygen atoms in total. The topological polar surface area (TPSA) is 26.0 Å². The molecular formula is C21H17NOS. The van der Waals surface area contributed by atoms with E-state index in [1.807, 2.05) is 30.3 Å². The molecule has 3 heteroatoms. The Hall–Kier alpha value is -2.52. The predicted molar refractivity (Wildman–Crippen MR) is 103 cm³/mol. The highest BCUT2D eigenvalue weighted by molar-refractivity contribution is 7.99. The summed E-state index contributed by atoms with van der Waals surface area (Å²) in [5, 5.41) is 2.53. The normalized spacial score (nSPS) is 12.5. The van der Waals surface area contributed by atoms with Gasteiger partial charge in [-0.25, -0.2) is 4.98 Å². The zero-order valence-corrected chi connectivity index (χ0v) is 14.2. The minimum atomic E-state index is 0.194. The molecule has 0 amide bonds. The molecule has 0 aliphatic rings. The van der Waals surface area contributed by atoms with Crippen molar-refractivity contribution in [1.82, 2.24) is 4.98 Å². The van der Waals surface area contributed by atoms with Gasteiger partial charge in [-0.05, 0) is 34.7 Å². The number of rotatable bonds is 4. The summed E-state index contributed by atoms with van der Waals surface area (Å²) >= 11 is 1.76. The number of hydrogen-bond donors (Lipinski definition) is 0. The molecule has 0 bridgehead atoms. The lowest BCUT2D eigenvalue weighted by Gasteiger charge is -2.16. The molecule has 0 N–H and O–H groups in total. The van der Waals surface area contributed by atoms with Crippen molar-refractivity contribution in [3.8, 4) is 11.5 Å². The first-order chi connectivity index (χ1) is 11.8. The summed E-state index contributed by atoms with van der Waals surface area (Å²) in [5.41, 5.74) is 3.93. The van der Waals surface area contributed by atoms with E-state index in [0.717, 1.165) is 22.0 Å². The van der Waals surface area contributed by atoms with E-state index in [9.17, 15) is 0 Å². The van der Waals surface area contributed by atoms with Gasteiger partial charge in [-0.1, -0.05) is 54.6 Å². The summed E-state index contributed by atoms with van der Waals surface area (Å²) in [5.74, 6) is 0.670. The summed E-state index contributed by atoms with van der Waals surface area (Å²) in [6.45, 7) is 3.99. The molecule has 0 aliphatic heterocycles. The second-order valence-electron chi connectivity index (χ2n) is 5.63. The van der Waals surface area contributed by atoms with Gasteiger partial charge in [0.15, 0.2) is 5.58 Å². The number of nitrogens with zero attached hydrogens (tertiary/aromatic N) is 1. The van der Waals surface area contributed by atoms with Crippen LogP contribution in [-0.2, 0) is 0 Å². The molecule has 0 aliphatic carbocycles. The zero-order chi connectivity index (χ0) is 16.5. The predicted octanol–water partition coefficient (Wildman–Crippen LogP) is 6.24. The molecule has 1 atom stereocenters. The average molecular weight is 331 g/mol. The number of oxazole rings is 1. The SMILES string of the molecule is C=CC(SC)c1ccc2ccccc2c1-c1nc2ccccc2o1. The van der Waals surface area contributed by atoms with Crippen LogP contribution in [0, 0.1) is 0 Å². The number of hydrogen-bond acceptors (Lipinski definition) is 3. The Morgan fingerprint density at radius 1 is 1.04 bits per heavy atom. The molecule has 1 heterocycles. The first-order valence-electron chi connectivity index (χ1n) is 7.85. The maximum atomic E-state index is 6.09. The molecule has 0 spiro atoms. The van der Waals surface area contributed by atoms with Crippen molar-refractivity contribution in [3.63, 3.8) is 0 Å². The highest BCUT2D eigenvalue weighted by atomic mass is 32.2. The van der Waals surface area contributed by atoms with Gasteiger partial charge >= 0.3 is 0 Å². The fraction of sp³-hybridized carbons (Fsp3) is 0.0952. The van der Waals surface area contributed by atoms with E-state index in [-0.39, 0.29) is 5.25 Å². The van der Waals surface area contributed by atoms with Crippen molar-refractivity contribution in [2.24, 2.45) is 0 Å². The number of benzene rings is 3. The number of aromatic nitrogens is 1. The van der Waals surface area contributed by atoms with Crippen LogP contribution in [0.25, 0.3) is 33.3 Å². The van der Waals surface area contributed by atoms with Crippen LogP contribution in [0.15, 0.2) is 77.7 Å². The van der Waals surface area contributed by atoms with Crippen molar-refractivity contribution < 1.29 is 4.42 Å². The second kappa shape index (κ2) is 6.17. The third-order valence-electron chi connectivity index (χ3n) is 4.24. The van der Waals surface area contributed by atoms with Gasteiger partial charge in [0.05, 0.1) is 0 Å². The quantitative estimate of drug-likeness (QED) is 0.414. The van der Waals surface area contributed by atoms with Crippen molar-refractivity contribution in [1.29, 1.82) is 0 Å². The lowest BCUT2D eigenvalue weighted by molar-refractivity contribution is 0.620. The third-order valence-corrected chi connectivity index (χ3v) is 5.20. The van der Waals surface area contributed by atoms with Crippen LogP contribution >= 0.6 is 11.8 Å². The maximum absolute atomic E-state index is 6.09. The smallest absolute Gasteiger partial charge is 0.228 e. The van der Waals surface area contributed by atoms with Crippen molar-refractivity contribution in [3.05, 3.63) is 78.9 Å². The van der Waals surface area contributed by atoms with Gasteiger partial charge < -0.3 is 4.42 Å². The standard InChI is InChI=1S/C21H17NOS/c1-3-19(24-2)16-13-12-14-8-4-5-9-15(14)20(16)21-22-17-10-6-7-11-18(17)23-21/h3-13,19H,1H2,2H3. The number of thioether (sulfide) groups is 1. The van der Waals surface area contributed by atoms with E-state index < -0.39 is 0 Å². The lowest BCUT2D eigenvalue weighted by Crippen LogP contribution is -1.95. The highest BCUT2D eigenvalue weighted by Gasteiger charge is 2.19. The molecule has 4 aromatic rings. The molecule has 4 rings (SSSR count). The maximum Gasteiger partial charge on any atom is 0.228 e. The molecule has 1 aromatic heterocycles. The molecule has 0 saturated heterocycles. The average Bonchev–Trinajstić information content (AvgIpc) is 3.06. The minimum absolute atomic E-state index is 0.194. The van der Waals surface area contributed by atoms with E-state index in [1.54, 1.807) is 11.8 Å². The largest absolute Gasteiger partial charge is 0.436 e. The van der Waals surface area contributed by atoms with Crippen LogP contribution < -0.4 is 0 Å². The molecule has 24 heavy (non-hydrogen) atoms. The van der Waals surface area contributed by atoms with Crippen molar-refractivity contribution in [2.75, 3.05) is 6.26 Å². The van der Waals surface area contributed by atoms with Crippen LogP contribution in [0.1, 0.15) is 10.8 Å². The highest BCUT2D eigenvalue weighted by Crippen LogP contribution is 2.40. The van der Waals surface area contributed by atoms with Crippen LogP contribution in [0.3, 0.4) is 0 Å². The van der Waals surface area contributed by atoms with Crippen molar-refractivity contribution in [2.45, 2.75) is 5.25 Å². The molecule has 0 fully saturated rings. The van der Waals surface area contributed by atoms with Crippen molar-refractivity contribution >= 4 is 33.6 Å². The van der Waals surface area contributed by atoms with Gasteiger partial charge in [-0.3, -0.25) is 0 Å². The van der Waals surface area contributed by atoms with Gasteiger partial charge in [0.1, 0.15) is 5.52 Å². The van der Waals surface area contributed by atoms with Gasteiger partial charge in [0.25, 0.3) is 0 Å². The Kier molecular flexibility index (Phi) is 3.87. The van der Waals surface area contributed by atoms with Gasteiger partial charge in [-0.15, -0.1) is 6.58 Å². The Balaban J connectivity index is 2.06. The summed E-state index contributed by atoms with van der Waals surface area (Å²) in [6.07, 6.45) is 4.07. The van der Waals surface area contributed by atoms with E-state index in [0.29, 0.717) is 5.89 Å². The summed E-state index contributed by atoms with van der Waals surface area (Å²) in [6, 6.07) is 20.6. The molecule has 1 unspecified atom stereocenters. The molecule has 0 radical (unpaired) electrons. The van der Waals surface area contributed by atoms with Crippen LogP contribution in [0.4, 0.5) is 0 Å². The van der Waals surface area contributed by atoms with Crippen LogP contribution in [-0.4, -0.2) is 11.2 Å². The van der Waals surface area contributed by atoms with E-state index in [4.69, 9.17) is 9.40 Å². The first kappa shape index (κ1) is 15.0. The summed E-state index contributed by atoms with van der Waals surface area (Å²) < 4.78 is 6.09. The fourth-order valence-electron chi connectivity index (χ4n) is 3.09. The Morgan fingerprint density at radius 3 is 2.62 bits per heavy atom. The van der Waals surface area contributed by atoms with Gasteiger partial charge in [0.2, 0.25) is 5.89 Å². The second-order valence-corrected chi connectivity index (χ2v) is 6.61. The van der Waals surface area contributed by atoms with Gasteiger partial charge in [-0.2, -0.15) is 11.8 Å². The molecule has 118 valence electrons. The fourth-order valence-corrected chi connectivity index (χ4v) is 3.74. The first-order valence-corrected chi connectivity index (χ1v) is 9.13. The minimum Gasteiger partial charge on any atom is -0.436 e. The van der Waals surface area contributed by atoms with E-state index >= 15 is 0 Å². The molecule has 0 saturated carbocycles. The van der Waals surface area contributed by atoms with Crippen LogP contribution in [0.5, 0.6) is 0 Å². The third kappa shape index (κ3) is 2.42. The molecule has 3 aromatic carbocycles. The number of para-hydroxylation sites is 2.